The fourth-order valence-corrected chi connectivity index (χ4v) is 17.0. The topological polar surface area (TPSA) is 306 Å². The van der Waals surface area contributed by atoms with E-state index in [1.165, 1.54) is 35.1 Å². The molecule has 0 radical (unpaired) electrons. The number of rotatable bonds is 26. The van der Waals surface area contributed by atoms with E-state index in [1.54, 1.807) is 36.4 Å². The van der Waals surface area contributed by atoms with E-state index in [-0.39, 0.29) is 96.0 Å². The van der Waals surface area contributed by atoms with E-state index >= 15 is 0 Å². The van der Waals surface area contributed by atoms with Crippen LogP contribution in [0, 0.1) is 25.7 Å². The number of nitrogens with one attached hydrogen (secondary N) is 7. The quantitative estimate of drug-likeness (QED) is 0.0248. The Kier molecular flexibility index (Phi) is 31.1. The molecule has 0 saturated carbocycles. The van der Waals surface area contributed by atoms with Gasteiger partial charge in [-0.1, -0.05) is 115 Å². The van der Waals surface area contributed by atoms with Crippen molar-refractivity contribution in [2.45, 2.75) is 235 Å². The highest BCUT2D eigenvalue weighted by Gasteiger charge is 2.52. The number of pyridine rings is 4. The third kappa shape index (κ3) is 23.8. The molecule has 15 rings (SSSR count). The average molecular weight is 1760 g/mol. The van der Waals surface area contributed by atoms with Gasteiger partial charge in [0.15, 0.2) is 11.3 Å². The van der Waals surface area contributed by atoms with Crippen LogP contribution < -0.4 is 42.7 Å². The molecule has 662 valence electrons. The molecular formula is C97H124BBrN16O10. The molecule has 4 aromatic carbocycles. The van der Waals surface area contributed by atoms with Crippen molar-refractivity contribution in [2.24, 2.45) is 11.8 Å². The number of aryl methyl sites for hydroxylation is 6. The van der Waals surface area contributed by atoms with Crippen molar-refractivity contribution in [3.63, 3.8) is 0 Å². The molecule has 0 spiro atoms. The lowest BCUT2D eigenvalue weighted by molar-refractivity contribution is 0.00578. The smallest absolute Gasteiger partial charge is 0.444 e. The molecule has 10 aromatic rings. The van der Waals surface area contributed by atoms with Crippen LogP contribution in [0.3, 0.4) is 0 Å². The highest BCUT2D eigenvalue weighted by atomic mass is 79.9. The van der Waals surface area contributed by atoms with Gasteiger partial charge in [0, 0.05) is 118 Å². The summed E-state index contributed by atoms with van der Waals surface area (Å²) < 4.78 is 33.8. The molecule has 26 nitrogen and oxygen atoms in total. The van der Waals surface area contributed by atoms with Crippen molar-refractivity contribution >= 4 is 91.7 Å². The zero-order valence-corrected chi connectivity index (χ0v) is 76.5. The number of amides is 5. The van der Waals surface area contributed by atoms with E-state index in [9.17, 15) is 24.0 Å². The van der Waals surface area contributed by atoms with Crippen LogP contribution >= 0.6 is 15.9 Å². The van der Waals surface area contributed by atoms with Crippen LogP contribution in [0.5, 0.6) is 0 Å². The SMILES string of the molecule is CC(C)(C)OC(=O)N1CCC(Cc2cccc(B3OC(C)(C)C(C)(C)O3)c2)CC1.CCc1nc2c(cnn2CC)c(NC2CCOCC2)c1CNC(=O)c1cccc(C(=O)NCc2ccc(C)c(-c3cccc(CC4CCNCC4)c3)c2)n1.CCc1nc2c(cnn2CC)c(NC2CCOCC2)c1CNC(=O)c1cccc(C(=O)NCc2ccc(C)c(Br)c2)n1. The third-order valence-corrected chi connectivity index (χ3v) is 25.4. The Morgan fingerprint density at radius 2 is 0.960 bits per heavy atom. The van der Waals surface area contributed by atoms with Crippen LogP contribution in [0.4, 0.5) is 16.2 Å². The van der Waals surface area contributed by atoms with Crippen LogP contribution in [0.25, 0.3) is 33.2 Å². The monoisotopic (exact) mass is 1760 g/mol. The Balaban J connectivity index is 0.000000169. The van der Waals surface area contributed by atoms with Gasteiger partial charge in [-0.2, -0.15) is 10.2 Å². The number of halogens is 1. The van der Waals surface area contributed by atoms with Crippen molar-refractivity contribution in [3.05, 3.63) is 217 Å². The summed E-state index contributed by atoms with van der Waals surface area (Å²) in [5.41, 5.74) is 17.2. The second-order valence-electron chi connectivity index (χ2n) is 35.3. The molecule has 28 heteroatoms. The second-order valence-corrected chi connectivity index (χ2v) is 36.2. The number of fused-ring (bicyclic) bond motifs is 2. The van der Waals surface area contributed by atoms with Crippen molar-refractivity contribution in [3.8, 4) is 11.1 Å². The van der Waals surface area contributed by atoms with Crippen LogP contribution in [0.2, 0.25) is 0 Å². The standard InChI is InChI=1S/C43H52N8O3.C31H36BrN7O3.C23H36BNO4/c1-4-37-35(40(48-33-16-20-54-21-17-33)36-27-47-51(5-2)41(36)50-37)26-46-43(53)39-11-7-10-38(49-39)42(52)45-25-31-13-12-28(3)34(24-31)32-9-6-8-30(23-32)22-29-14-18-44-19-15-29;1-4-25-22(28(36-21-11-13-42-14-12-21)23-18-35-39(5-2)29(23)38-25)17-34-31(41)27-8-6-7-26(37-27)30(40)33-16-20-10-9-19(3)24(32)15-20;1-21(2,3)27-20(26)25-13-11-17(12-14-25)15-18-9-8-10-19(16-18)24-28-22(4,5)23(6,7)29-24/h6-13,23-24,27,29,33,44H,4-5,14-22,25-26H2,1-3H3,(H,45,52)(H,46,53)(H,48,50);6-10,15,18,21H,4-5,11-14,16-17H2,1-3H3,(H,33,40)(H,34,41)(H,36,38);8-10,16-17H,11-15H2,1-7H3. The molecule has 5 saturated heterocycles. The summed E-state index contributed by atoms with van der Waals surface area (Å²) in [4.78, 5) is 85.8. The number of carbonyl (C=O) groups excluding carboxylic acids is 5. The van der Waals surface area contributed by atoms with E-state index in [0.717, 1.165) is 172 Å². The maximum atomic E-state index is 13.5. The van der Waals surface area contributed by atoms with Gasteiger partial charge in [-0.25, -0.2) is 34.1 Å². The molecule has 6 aromatic heterocycles. The van der Waals surface area contributed by atoms with Crippen molar-refractivity contribution in [1.82, 2.24) is 71.0 Å². The molecule has 0 bridgehead atoms. The van der Waals surface area contributed by atoms with Gasteiger partial charge in [-0.15, -0.1) is 0 Å². The van der Waals surface area contributed by atoms with Gasteiger partial charge in [-0.3, -0.25) is 19.2 Å². The minimum absolute atomic E-state index is 0.172. The fraction of sp³-hybridized carbons (Fsp3) is 0.474. The minimum atomic E-state index is -0.443. The van der Waals surface area contributed by atoms with Gasteiger partial charge < -0.3 is 65.6 Å². The highest BCUT2D eigenvalue weighted by Crippen LogP contribution is 2.38. The maximum Gasteiger partial charge on any atom is 0.494 e. The Morgan fingerprint density at radius 3 is 1.42 bits per heavy atom. The molecule has 125 heavy (non-hydrogen) atoms. The van der Waals surface area contributed by atoms with Gasteiger partial charge in [0.05, 0.1) is 45.7 Å². The molecule has 0 atom stereocenters. The number of carbonyl (C=O) groups is 5. The van der Waals surface area contributed by atoms with Crippen molar-refractivity contribution in [2.75, 3.05) is 63.2 Å². The number of nitrogens with zero attached hydrogens (tertiary/aromatic N) is 9. The lowest BCUT2D eigenvalue weighted by Gasteiger charge is -2.33. The first-order chi connectivity index (χ1) is 60.1. The minimum Gasteiger partial charge on any atom is -0.444 e. The summed E-state index contributed by atoms with van der Waals surface area (Å²) in [6.07, 6.45) is 15.0. The van der Waals surface area contributed by atoms with E-state index in [2.05, 4.69) is 189 Å². The number of piperidine rings is 2. The first-order valence-electron chi connectivity index (χ1n) is 44.7. The van der Waals surface area contributed by atoms with Gasteiger partial charge >= 0.3 is 13.2 Å². The first kappa shape index (κ1) is 92.2. The Hall–Kier alpha value is -10.5. The van der Waals surface area contributed by atoms with E-state index in [4.69, 9.17) is 33.5 Å². The van der Waals surface area contributed by atoms with Crippen LogP contribution in [0.1, 0.15) is 225 Å². The predicted octanol–water partition coefficient (Wildman–Crippen LogP) is 15.5. The number of ether oxygens (including phenoxy) is 3. The molecule has 7 N–H and O–H groups in total. The molecule has 11 heterocycles. The molecular weight excluding hydrogens is 1640 g/mol. The van der Waals surface area contributed by atoms with Crippen LogP contribution in [-0.2, 0) is 88.5 Å². The second kappa shape index (κ2) is 42.2. The molecule has 0 unspecified atom stereocenters. The summed E-state index contributed by atoms with van der Waals surface area (Å²) in [7, 11) is -0.325. The van der Waals surface area contributed by atoms with Crippen molar-refractivity contribution < 1.29 is 47.5 Å². The lowest BCUT2D eigenvalue weighted by atomic mass is 9.77. The number of hydrogen-bond donors (Lipinski definition) is 7. The normalized spacial score (nSPS) is 16.3. The largest absolute Gasteiger partial charge is 0.494 e. The number of benzene rings is 4. The molecule has 5 aliphatic rings. The number of anilines is 2. The highest BCUT2D eigenvalue weighted by molar-refractivity contribution is 9.10. The summed E-state index contributed by atoms with van der Waals surface area (Å²) in [5.74, 6) is -0.121. The first-order valence-corrected chi connectivity index (χ1v) is 45.5. The maximum absolute atomic E-state index is 13.5. The zero-order chi connectivity index (χ0) is 88.5. The van der Waals surface area contributed by atoms with E-state index in [0.29, 0.717) is 71.4 Å². The predicted molar refractivity (Wildman–Crippen MR) is 494 cm³/mol. The summed E-state index contributed by atoms with van der Waals surface area (Å²) >= 11 is 3.52. The number of aromatic nitrogens is 8. The summed E-state index contributed by atoms with van der Waals surface area (Å²) in [5, 5.41) is 33.9. The van der Waals surface area contributed by atoms with Crippen LogP contribution in [0.15, 0.2) is 138 Å². The lowest BCUT2D eigenvalue weighted by Crippen LogP contribution is -2.42. The van der Waals surface area contributed by atoms with Gasteiger partial charge in [0.1, 0.15) is 28.4 Å². The van der Waals surface area contributed by atoms with Gasteiger partial charge in [-0.05, 0) is 265 Å². The summed E-state index contributed by atoms with van der Waals surface area (Å²) in [6, 6.07) is 40.0. The summed E-state index contributed by atoms with van der Waals surface area (Å²) in [6.45, 7) is 35.6. The molecule has 5 aliphatic heterocycles. The number of hydrogen-bond acceptors (Lipinski definition) is 19. The Morgan fingerprint density at radius 1 is 0.520 bits per heavy atom. The zero-order valence-electron chi connectivity index (χ0n) is 75.0. The fourth-order valence-electron chi connectivity index (χ4n) is 16.6. The average Bonchev–Trinajstić information content (AvgIpc) is 1.68. The molecule has 0 aliphatic carbocycles. The Labute approximate surface area is 744 Å². The van der Waals surface area contributed by atoms with Gasteiger partial charge in [0.25, 0.3) is 23.6 Å². The number of likely N-dealkylation sites (tertiary alicyclic amines) is 1. The van der Waals surface area contributed by atoms with Crippen molar-refractivity contribution in [1.29, 1.82) is 0 Å². The Bertz CT molecular complexity index is 5410. The van der Waals surface area contributed by atoms with Gasteiger partial charge in [0.2, 0.25) is 0 Å². The van der Waals surface area contributed by atoms with E-state index in [1.807, 2.05) is 85.5 Å². The molecule has 5 amide bonds. The third-order valence-electron chi connectivity index (χ3n) is 24.6. The van der Waals surface area contributed by atoms with E-state index < -0.39 is 5.60 Å². The van der Waals surface area contributed by atoms with Crippen LogP contribution in [-0.4, -0.2) is 163 Å². The molecule has 5 fully saturated rings.